The summed E-state index contributed by atoms with van der Waals surface area (Å²) < 4.78 is 4.94. The fourth-order valence-electron chi connectivity index (χ4n) is 3.98. The highest BCUT2D eigenvalue weighted by Crippen LogP contribution is 2.47. The van der Waals surface area contributed by atoms with Crippen LogP contribution in [-0.4, -0.2) is 16.9 Å². The first-order valence-corrected chi connectivity index (χ1v) is 7.31. The Balaban J connectivity index is 0.00000144. The summed E-state index contributed by atoms with van der Waals surface area (Å²) in [6.45, 7) is 0. The number of rotatable bonds is 2. The van der Waals surface area contributed by atoms with Crippen molar-refractivity contribution in [1.82, 2.24) is 4.98 Å². The van der Waals surface area contributed by atoms with Crippen LogP contribution >= 0.6 is 12.4 Å². The van der Waals surface area contributed by atoms with Crippen LogP contribution in [0.2, 0.25) is 0 Å². The van der Waals surface area contributed by atoms with Gasteiger partial charge in [0.25, 0.3) is 0 Å². The van der Waals surface area contributed by atoms with Crippen molar-refractivity contribution < 1.29 is 9.21 Å². The van der Waals surface area contributed by atoms with Crippen molar-refractivity contribution in [3.05, 3.63) is 28.7 Å². The molecule has 1 amide bonds. The van der Waals surface area contributed by atoms with Crippen LogP contribution in [0.3, 0.4) is 0 Å². The molecule has 2 fully saturated rings. The molecule has 1 aromatic carbocycles. The maximum atomic E-state index is 12.5. The molecular formula is C15H18ClN3O3. The molecule has 1 heterocycles. The van der Waals surface area contributed by atoms with Gasteiger partial charge in [0.1, 0.15) is 0 Å². The largest absolute Gasteiger partial charge is 0.417 e. The number of H-pyrrole nitrogens is 1. The molecule has 0 saturated heterocycles. The standard InChI is InChI=1S/C15H17N3O3.ClH/c16-13-8-2-1-7(5-8)12(13)14(19)17-9-3-4-11-10(6-9)18-15(20)21-11;/h3-4,6-8,12-13H,1-2,5,16H2,(H,17,19)(H,18,20);1H. The van der Waals surface area contributed by atoms with E-state index < -0.39 is 5.76 Å². The van der Waals surface area contributed by atoms with Gasteiger partial charge in [-0.3, -0.25) is 9.78 Å². The number of amides is 1. The van der Waals surface area contributed by atoms with Crippen LogP contribution in [-0.2, 0) is 4.79 Å². The third-order valence-electron chi connectivity index (χ3n) is 4.97. The first kappa shape index (κ1) is 15.1. The summed E-state index contributed by atoms with van der Waals surface area (Å²) in [5.74, 6) is 0.312. The molecule has 4 atom stereocenters. The van der Waals surface area contributed by atoms with Gasteiger partial charge < -0.3 is 15.5 Å². The second-order valence-corrected chi connectivity index (χ2v) is 6.15. The summed E-state index contributed by atoms with van der Waals surface area (Å²) in [5, 5.41) is 2.92. The quantitative estimate of drug-likeness (QED) is 0.785. The number of fused-ring (bicyclic) bond motifs is 3. The van der Waals surface area contributed by atoms with E-state index in [0.29, 0.717) is 28.6 Å². The van der Waals surface area contributed by atoms with Gasteiger partial charge in [0, 0.05) is 11.7 Å². The Bertz CT molecular complexity index is 767. The molecule has 118 valence electrons. The molecule has 2 saturated carbocycles. The number of halogens is 1. The molecular weight excluding hydrogens is 306 g/mol. The number of hydrogen-bond donors (Lipinski definition) is 3. The number of carbonyl (C=O) groups excluding carboxylic acids is 1. The summed E-state index contributed by atoms with van der Waals surface area (Å²) in [4.78, 5) is 26.2. The van der Waals surface area contributed by atoms with E-state index in [0.717, 1.165) is 19.3 Å². The first-order chi connectivity index (χ1) is 10.1. The average molecular weight is 324 g/mol. The molecule has 4 unspecified atom stereocenters. The molecule has 6 nitrogen and oxygen atoms in total. The number of nitrogens with two attached hydrogens (primary N) is 1. The van der Waals surface area contributed by atoms with Crippen molar-refractivity contribution in [3.63, 3.8) is 0 Å². The van der Waals surface area contributed by atoms with Crippen LogP contribution in [0.4, 0.5) is 5.69 Å². The van der Waals surface area contributed by atoms with Crippen LogP contribution < -0.4 is 16.8 Å². The summed E-state index contributed by atoms with van der Waals surface area (Å²) in [5.41, 5.74) is 7.90. The number of anilines is 1. The lowest BCUT2D eigenvalue weighted by atomic mass is 9.84. The minimum absolute atomic E-state index is 0. The van der Waals surface area contributed by atoms with Crippen LogP contribution in [0.1, 0.15) is 19.3 Å². The molecule has 0 radical (unpaired) electrons. The Morgan fingerprint density at radius 1 is 1.32 bits per heavy atom. The van der Waals surface area contributed by atoms with Crippen molar-refractivity contribution in [2.45, 2.75) is 25.3 Å². The molecule has 0 spiro atoms. The van der Waals surface area contributed by atoms with Gasteiger partial charge in [-0.1, -0.05) is 0 Å². The van der Waals surface area contributed by atoms with E-state index in [2.05, 4.69) is 10.3 Å². The minimum Gasteiger partial charge on any atom is -0.408 e. The second kappa shape index (κ2) is 5.44. The number of nitrogens with one attached hydrogen (secondary N) is 2. The second-order valence-electron chi connectivity index (χ2n) is 6.15. The monoisotopic (exact) mass is 323 g/mol. The van der Waals surface area contributed by atoms with Crippen LogP contribution in [0.15, 0.2) is 27.4 Å². The molecule has 2 aliphatic rings. The van der Waals surface area contributed by atoms with E-state index in [1.807, 2.05) is 0 Å². The van der Waals surface area contributed by atoms with Gasteiger partial charge in [-0.2, -0.15) is 0 Å². The molecule has 22 heavy (non-hydrogen) atoms. The number of hydrogen-bond acceptors (Lipinski definition) is 4. The van der Waals surface area contributed by atoms with E-state index in [4.69, 9.17) is 10.2 Å². The third-order valence-corrected chi connectivity index (χ3v) is 4.97. The summed E-state index contributed by atoms with van der Waals surface area (Å²) in [6.07, 6.45) is 3.33. The molecule has 0 aliphatic heterocycles. The fourth-order valence-corrected chi connectivity index (χ4v) is 3.98. The lowest BCUT2D eigenvalue weighted by Crippen LogP contribution is -2.42. The Kier molecular flexibility index (Phi) is 3.74. The van der Waals surface area contributed by atoms with Crippen molar-refractivity contribution >= 4 is 35.1 Å². The van der Waals surface area contributed by atoms with Gasteiger partial charge in [0.05, 0.1) is 11.4 Å². The highest BCUT2D eigenvalue weighted by molar-refractivity contribution is 5.95. The normalized spacial score (nSPS) is 29.5. The zero-order valence-electron chi connectivity index (χ0n) is 11.9. The van der Waals surface area contributed by atoms with Gasteiger partial charge in [0.15, 0.2) is 5.58 Å². The van der Waals surface area contributed by atoms with Crippen molar-refractivity contribution in [1.29, 1.82) is 0 Å². The van der Waals surface area contributed by atoms with Crippen molar-refractivity contribution in [2.24, 2.45) is 23.5 Å². The fraction of sp³-hybridized carbons (Fsp3) is 0.467. The van der Waals surface area contributed by atoms with Crippen molar-refractivity contribution in [3.8, 4) is 0 Å². The number of aromatic amines is 1. The molecule has 2 aromatic rings. The van der Waals surface area contributed by atoms with E-state index >= 15 is 0 Å². The minimum atomic E-state index is -0.497. The Morgan fingerprint density at radius 3 is 2.82 bits per heavy atom. The Hall–Kier alpha value is -1.79. The maximum Gasteiger partial charge on any atom is 0.417 e. The lowest BCUT2D eigenvalue weighted by molar-refractivity contribution is -0.121. The zero-order chi connectivity index (χ0) is 14.6. The SMILES string of the molecule is Cl.NC1C2CCC(C2)C1C(=O)Nc1ccc2oc(=O)[nH]c2c1. The van der Waals surface area contributed by atoms with E-state index in [1.165, 1.54) is 0 Å². The predicted molar refractivity (Wildman–Crippen MR) is 85.0 cm³/mol. The topological polar surface area (TPSA) is 101 Å². The maximum absolute atomic E-state index is 12.5. The zero-order valence-corrected chi connectivity index (χ0v) is 12.7. The Morgan fingerprint density at radius 2 is 2.09 bits per heavy atom. The van der Waals surface area contributed by atoms with Gasteiger partial charge in [0.2, 0.25) is 5.91 Å². The molecule has 7 heteroatoms. The van der Waals surface area contributed by atoms with Gasteiger partial charge in [-0.15, -0.1) is 12.4 Å². The van der Waals surface area contributed by atoms with Gasteiger partial charge in [-0.05, 0) is 49.3 Å². The third kappa shape index (κ3) is 2.32. The Labute approximate surface area is 132 Å². The lowest BCUT2D eigenvalue weighted by Gasteiger charge is -2.26. The summed E-state index contributed by atoms with van der Waals surface area (Å²) >= 11 is 0. The van der Waals surface area contributed by atoms with E-state index in [-0.39, 0.29) is 30.3 Å². The van der Waals surface area contributed by atoms with Crippen LogP contribution in [0.25, 0.3) is 11.1 Å². The van der Waals surface area contributed by atoms with Crippen molar-refractivity contribution in [2.75, 3.05) is 5.32 Å². The van der Waals surface area contributed by atoms with Gasteiger partial charge >= 0.3 is 5.76 Å². The molecule has 4 rings (SSSR count). The number of oxazole rings is 1. The summed E-state index contributed by atoms with van der Waals surface area (Å²) in [7, 11) is 0. The first-order valence-electron chi connectivity index (χ1n) is 7.31. The molecule has 1 aromatic heterocycles. The average Bonchev–Trinajstić information content (AvgIpc) is 3.10. The number of carbonyl (C=O) groups is 1. The smallest absolute Gasteiger partial charge is 0.408 e. The van der Waals surface area contributed by atoms with E-state index in [9.17, 15) is 9.59 Å². The van der Waals surface area contributed by atoms with Crippen LogP contribution in [0, 0.1) is 17.8 Å². The number of aromatic nitrogens is 1. The highest BCUT2D eigenvalue weighted by Gasteiger charge is 2.49. The predicted octanol–water partition coefficient (Wildman–Crippen LogP) is 1.85. The molecule has 2 bridgehead atoms. The van der Waals surface area contributed by atoms with Gasteiger partial charge in [-0.25, -0.2) is 4.79 Å². The number of benzene rings is 1. The highest BCUT2D eigenvalue weighted by atomic mass is 35.5. The van der Waals surface area contributed by atoms with Crippen LogP contribution in [0.5, 0.6) is 0 Å². The van der Waals surface area contributed by atoms with E-state index in [1.54, 1.807) is 18.2 Å². The summed E-state index contributed by atoms with van der Waals surface area (Å²) in [6, 6.07) is 5.08. The molecule has 2 aliphatic carbocycles. The molecule has 4 N–H and O–H groups in total.